The summed E-state index contributed by atoms with van der Waals surface area (Å²) in [5.74, 6) is 0. The number of rotatable bonds is 9. The molecule has 5 heteroatoms. The zero-order valence-corrected chi connectivity index (χ0v) is 13.7. The fourth-order valence-electron chi connectivity index (χ4n) is 2.19. The summed E-state index contributed by atoms with van der Waals surface area (Å²) < 4.78 is 0. The molecule has 0 bridgehead atoms. The fraction of sp³-hybridized carbons (Fsp3) is 0.500. The van der Waals surface area contributed by atoms with E-state index in [9.17, 15) is 0 Å². The predicted octanol–water partition coefficient (Wildman–Crippen LogP) is 3.74. The summed E-state index contributed by atoms with van der Waals surface area (Å²) in [5.41, 5.74) is 1.13. The van der Waals surface area contributed by atoms with E-state index in [-0.39, 0.29) is 0 Å². The van der Waals surface area contributed by atoms with E-state index < -0.39 is 0 Å². The largest absolute Gasteiger partial charge is 0.360 e. The Morgan fingerprint density at radius 1 is 1.05 bits per heavy atom. The lowest BCUT2D eigenvalue weighted by Crippen LogP contribution is -2.24. The molecule has 0 radical (unpaired) electrons. The highest BCUT2D eigenvalue weighted by atomic mass is 32.1. The number of nitrogens with zero attached hydrogens (tertiary/aromatic N) is 3. The second kappa shape index (κ2) is 8.74. The van der Waals surface area contributed by atoms with Crippen molar-refractivity contribution < 1.29 is 0 Å². The van der Waals surface area contributed by atoms with Gasteiger partial charge in [-0.1, -0.05) is 55.5 Å². The first kappa shape index (κ1) is 15.9. The van der Waals surface area contributed by atoms with Crippen molar-refractivity contribution in [1.82, 2.24) is 15.1 Å². The molecule has 0 fully saturated rings. The minimum atomic E-state index is 0.914. The zero-order valence-electron chi connectivity index (χ0n) is 12.9. The van der Waals surface area contributed by atoms with Crippen molar-refractivity contribution in [3.05, 3.63) is 30.3 Å². The highest BCUT2D eigenvalue weighted by Crippen LogP contribution is 2.25. The lowest BCUT2D eigenvalue weighted by molar-refractivity contribution is 0.298. The summed E-state index contributed by atoms with van der Waals surface area (Å²) in [6.07, 6.45) is 2.38. The van der Waals surface area contributed by atoms with Gasteiger partial charge in [0.15, 0.2) is 0 Å². The summed E-state index contributed by atoms with van der Waals surface area (Å²) in [6, 6.07) is 10.2. The van der Waals surface area contributed by atoms with E-state index in [2.05, 4.69) is 46.4 Å². The molecule has 4 nitrogen and oxygen atoms in total. The van der Waals surface area contributed by atoms with Crippen LogP contribution < -0.4 is 5.32 Å². The minimum absolute atomic E-state index is 0.914. The average molecular weight is 304 g/mol. The molecule has 0 unspecified atom stereocenters. The summed E-state index contributed by atoms with van der Waals surface area (Å²) in [7, 11) is 0. The van der Waals surface area contributed by atoms with E-state index >= 15 is 0 Å². The van der Waals surface area contributed by atoms with Crippen LogP contribution in [0.4, 0.5) is 5.13 Å². The smallest absolute Gasteiger partial charge is 0.206 e. The van der Waals surface area contributed by atoms with E-state index in [0.717, 1.165) is 41.8 Å². The molecule has 1 heterocycles. The molecule has 1 N–H and O–H groups in total. The summed E-state index contributed by atoms with van der Waals surface area (Å²) in [6.45, 7) is 8.86. The second-order valence-corrected chi connectivity index (χ2v) is 5.92. The molecule has 0 saturated heterocycles. The highest BCUT2D eigenvalue weighted by molar-refractivity contribution is 7.18. The van der Waals surface area contributed by atoms with Crippen LogP contribution in [-0.2, 0) is 0 Å². The number of hydrogen-bond donors (Lipinski definition) is 1. The molecule has 1 aromatic carbocycles. The van der Waals surface area contributed by atoms with Gasteiger partial charge in [-0.15, -0.1) is 10.2 Å². The van der Waals surface area contributed by atoms with Gasteiger partial charge in [-0.2, -0.15) is 0 Å². The second-order valence-electron chi connectivity index (χ2n) is 4.94. The number of anilines is 1. The van der Waals surface area contributed by atoms with Gasteiger partial charge in [-0.3, -0.25) is 0 Å². The highest BCUT2D eigenvalue weighted by Gasteiger charge is 2.05. The lowest BCUT2D eigenvalue weighted by Gasteiger charge is -2.17. The van der Waals surface area contributed by atoms with Gasteiger partial charge in [-0.25, -0.2) is 0 Å². The van der Waals surface area contributed by atoms with Crippen molar-refractivity contribution in [2.24, 2.45) is 0 Å². The lowest BCUT2D eigenvalue weighted by atomic mass is 10.2. The summed E-state index contributed by atoms with van der Waals surface area (Å²) >= 11 is 1.62. The Balaban J connectivity index is 1.71. The summed E-state index contributed by atoms with van der Waals surface area (Å²) in [4.78, 5) is 2.46. The third-order valence-electron chi connectivity index (χ3n) is 3.52. The third-order valence-corrected chi connectivity index (χ3v) is 4.45. The molecular weight excluding hydrogens is 280 g/mol. The molecular formula is C16H24N4S. The number of benzene rings is 1. The van der Waals surface area contributed by atoms with Crippen molar-refractivity contribution in [2.75, 3.05) is 31.5 Å². The van der Waals surface area contributed by atoms with Crippen molar-refractivity contribution >= 4 is 16.5 Å². The van der Waals surface area contributed by atoms with Crippen molar-refractivity contribution in [3.63, 3.8) is 0 Å². The standard InChI is InChI=1S/C16H24N4S/c1-3-20(4-2)13-9-8-12-17-16-19-18-15(21-16)14-10-6-5-7-11-14/h5-7,10-11H,3-4,8-9,12-13H2,1-2H3,(H,17,19). The van der Waals surface area contributed by atoms with Gasteiger partial charge in [0.2, 0.25) is 5.13 Å². The Morgan fingerprint density at radius 3 is 2.52 bits per heavy atom. The van der Waals surface area contributed by atoms with Crippen LogP contribution in [0.2, 0.25) is 0 Å². The van der Waals surface area contributed by atoms with Crippen LogP contribution in [0.25, 0.3) is 10.6 Å². The molecule has 114 valence electrons. The Labute approximate surface area is 131 Å². The van der Waals surface area contributed by atoms with Crippen LogP contribution in [-0.4, -0.2) is 41.3 Å². The average Bonchev–Trinajstić information content (AvgIpc) is 3.01. The number of nitrogens with one attached hydrogen (secondary N) is 1. The van der Waals surface area contributed by atoms with Crippen LogP contribution in [0.3, 0.4) is 0 Å². The Kier molecular flexibility index (Phi) is 6.63. The van der Waals surface area contributed by atoms with Crippen molar-refractivity contribution in [3.8, 4) is 10.6 Å². The molecule has 1 aromatic heterocycles. The van der Waals surface area contributed by atoms with Crippen molar-refractivity contribution in [2.45, 2.75) is 26.7 Å². The molecule has 0 saturated carbocycles. The van der Waals surface area contributed by atoms with Crippen LogP contribution in [0.5, 0.6) is 0 Å². The molecule has 2 aromatic rings. The Hall–Kier alpha value is -1.46. The van der Waals surface area contributed by atoms with E-state index in [1.54, 1.807) is 11.3 Å². The van der Waals surface area contributed by atoms with Gasteiger partial charge >= 0.3 is 0 Å². The normalized spacial score (nSPS) is 11.0. The molecule has 0 aliphatic heterocycles. The van der Waals surface area contributed by atoms with Gasteiger partial charge in [0.1, 0.15) is 5.01 Å². The van der Waals surface area contributed by atoms with Gasteiger partial charge < -0.3 is 10.2 Å². The van der Waals surface area contributed by atoms with Crippen LogP contribution >= 0.6 is 11.3 Å². The third kappa shape index (κ3) is 5.10. The van der Waals surface area contributed by atoms with Gasteiger partial charge in [0, 0.05) is 12.1 Å². The maximum Gasteiger partial charge on any atom is 0.206 e. The molecule has 21 heavy (non-hydrogen) atoms. The first-order valence-corrected chi connectivity index (χ1v) is 8.50. The number of hydrogen-bond acceptors (Lipinski definition) is 5. The molecule has 0 atom stereocenters. The number of unbranched alkanes of at least 4 members (excludes halogenated alkanes) is 1. The van der Waals surface area contributed by atoms with E-state index in [1.807, 2.05) is 18.2 Å². The predicted molar refractivity (Wildman–Crippen MR) is 90.9 cm³/mol. The van der Waals surface area contributed by atoms with Crippen LogP contribution in [0, 0.1) is 0 Å². The molecule has 0 amide bonds. The van der Waals surface area contributed by atoms with Gasteiger partial charge in [-0.05, 0) is 32.5 Å². The molecule has 0 aliphatic carbocycles. The molecule has 0 spiro atoms. The fourth-order valence-corrected chi connectivity index (χ4v) is 2.96. The van der Waals surface area contributed by atoms with E-state index in [4.69, 9.17) is 0 Å². The van der Waals surface area contributed by atoms with Crippen LogP contribution in [0.1, 0.15) is 26.7 Å². The van der Waals surface area contributed by atoms with E-state index in [0.29, 0.717) is 0 Å². The topological polar surface area (TPSA) is 41.0 Å². The molecule has 2 rings (SSSR count). The SMILES string of the molecule is CCN(CC)CCCCNc1nnc(-c2ccccc2)s1. The number of aromatic nitrogens is 2. The van der Waals surface area contributed by atoms with Gasteiger partial charge in [0.05, 0.1) is 0 Å². The first-order chi connectivity index (χ1) is 10.3. The van der Waals surface area contributed by atoms with E-state index in [1.165, 1.54) is 13.0 Å². The Bertz CT molecular complexity index is 508. The quantitative estimate of drug-likeness (QED) is 0.717. The first-order valence-electron chi connectivity index (χ1n) is 7.68. The monoisotopic (exact) mass is 304 g/mol. The van der Waals surface area contributed by atoms with Crippen LogP contribution in [0.15, 0.2) is 30.3 Å². The molecule has 0 aliphatic rings. The summed E-state index contributed by atoms with van der Waals surface area (Å²) in [5, 5.41) is 13.7. The maximum absolute atomic E-state index is 4.24. The minimum Gasteiger partial charge on any atom is -0.360 e. The zero-order chi connectivity index (χ0) is 14.9. The van der Waals surface area contributed by atoms with Crippen molar-refractivity contribution in [1.29, 1.82) is 0 Å². The maximum atomic E-state index is 4.24. The Morgan fingerprint density at radius 2 is 1.81 bits per heavy atom. The van der Waals surface area contributed by atoms with Gasteiger partial charge in [0.25, 0.3) is 0 Å².